The molecule has 1 atom stereocenters. The number of aryl methyl sites for hydroxylation is 1. The molecule has 0 fully saturated rings. The van der Waals surface area contributed by atoms with Crippen LogP contribution in [0.3, 0.4) is 0 Å². The van der Waals surface area contributed by atoms with Crippen molar-refractivity contribution in [3.8, 4) is 0 Å². The number of carbonyl (C=O) groups is 2. The van der Waals surface area contributed by atoms with Crippen LogP contribution in [0.25, 0.3) is 0 Å². The average Bonchev–Trinajstić information content (AvgIpc) is 2.90. The van der Waals surface area contributed by atoms with Gasteiger partial charge in [-0.1, -0.05) is 67.1 Å². The van der Waals surface area contributed by atoms with Crippen LogP contribution in [0.1, 0.15) is 31.9 Å². The molecule has 1 N–H and O–H groups in total. The third-order valence-corrected chi connectivity index (χ3v) is 8.02. The number of nitrogens with one attached hydrogen (secondary N) is 1. The smallest absolute Gasteiger partial charge is 0.264 e. The first-order valence-corrected chi connectivity index (χ1v) is 14.0. The van der Waals surface area contributed by atoms with E-state index in [0.717, 1.165) is 15.4 Å². The van der Waals surface area contributed by atoms with Crippen molar-refractivity contribution in [1.29, 1.82) is 0 Å². The van der Waals surface area contributed by atoms with Gasteiger partial charge < -0.3 is 10.2 Å². The van der Waals surface area contributed by atoms with E-state index in [1.165, 1.54) is 17.0 Å². The Morgan fingerprint density at radius 2 is 1.62 bits per heavy atom. The quantitative estimate of drug-likeness (QED) is 0.383. The molecule has 0 aromatic heterocycles. The lowest BCUT2D eigenvalue weighted by Crippen LogP contribution is -2.51. The molecule has 3 rings (SSSR count). The van der Waals surface area contributed by atoms with Gasteiger partial charge in [-0.3, -0.25) is 13.9 Å². The van der Waals surface area contributed by atoms with Crippen LogP contribution in [0.5, 0.6) is 0 Å². The third kappa shape index (κ3) is 6.90. The molecule has 37 heavy (non-hydrogen) atoms. The van der Waals surface area contributed by atoms with Crippen molar-refractivity contribution >= 4 is 39.1 Å². The van der Waals surface area contributed by atoms with Gasteiger partial charge in [0.1, 0.15) is 12.6 Å². The number of para-hydroxylation sites is 1. The molecule has 0 saturated carbocycles. The van der Waals surface area contributed by atoms with E-state index in [1.54, 1.807) is 62.4 Å². The Kier molecular flexibility index (Phi) is 9.72. The SMILES string of the molecule is CCNC(=O)C(C)N(Cc1cccc(Cl)c1)C(=O)CN(c1ccccc1CC)S(=O)(=O)c1ccccc1. The lowest BCUT2D eigenvalue weighted by Gasteiger charge is -2.32. The third-order valence-electron chi connectivity index (χ3n) is 6.01. The van der Waals surface area contributed by atoms with Crippen molar-refractivity contribution in [3.05, 3.63) is 95.0 Å². The standard InChI is InChI=1S/C28H32ClN3O4S/c1-4-23-13-9-10-17-26(23)32(37(35,36)25-15-7-6-8-16-25)20-27(33)31(21(3)28(34)30-5-2)19-22-12-11-14-24(29)18-22/h6-18,21H,4-5,19-20H2,1-3H3,(H,30,34). The van der Waals surface area contributed by atoms with Gasteiger partial charge in [0.25, 0.3) is 10.0 Å². The van der Waals surface area contributed by atoms with E-state index >= 15 is 0 Å². The first kappa shape index (κ1) is 28.2. The number of sulfonamides is 1. The Morgan fingerprint density at radius 3 is 2.27 bits per heavy atom. The van der Waals surface area contributed by atoms with Crippen molar-refractivity contribution in [1.82, 2.24) is 10.2 Å². The molecular weight excluding hydrogens is 510 g/mol. The lowest BCUT2D eigenvalue weighted by molar-refractivity contribution is -0.139. The molecule has 2 amide bonds. The molecule has 0 heterocycles. The van der Waals surface area contributed by atoms with Crippen LogP contribution < -0.4 is 9.62 Å². The molecule has 0 radical (unpaired) electrons. The van der Waals surface area contributed by atoms with Gasteiger partial charge in [0.05, 0.1) is 10.6 Å². The summed E-state index contributed by atoms with van der Waals surface area (Å²) < 4.78 is 28.8. The maximum atomic E-state index is 13.9. The highest BCUT2D eigenvalue weighted by Crippen LogP contribution is 2.28. The summed E-state index contributed by atoms with van der Waals surface area (Å²) in [7, 11) is -4.09. The molecule has 9 heteroatoms. The number of amides is 2. The first-order valence-electron chi connectivity index (χ1n) is 12.2. The number of likely N-dealkylation sites (N-methyl/N-ethyl adjacent to an activating group) is 1. The Labute approximate surface area is 224 Å². The van der Waals surface area contributed by atoms with Gasteiger partial charge in [0.15, 0.2) is 0 Å². The number of nitrogens with zero attached hydrogens (tertiary/aromatic N) is 2. The van der Waals surface area contributed by atoms with Crippen LogP contribution in [-0.4, -0.2) is 44.3 Å². The minimum Gasteiger partial charge on any atom is -0.355 e. The van der Waals surface area contributed by atoms with E-state index in [9.17, 15) is 18.0 Å². The number of benzene rings is 3. The van der Waals surface area contributed by atoms with Crippen LogP contribution in [-0.2, 0) is 32.6 Å². The molecule has 0 bridgehead atoms. The summed E-state index contributed by atoms with van der Waals surface area (Å²) >= 11 is 6.15. The highest BCUT2D eigenvalue weighted by atomic mass is 35.5. The monoisotopic (exact) mass is 541 g/mol. The fourth-order valence-corrected chi connectivity index (χ4v) is 5.71. The number of rotatable bonds is 11. The van der Waals surface area contributed by atoms with E-state index in [-0.39, 0.29) is 17.3 Å². The lowest BCUT2D eigenvalue weighted by atomic mass is 10.1. The van der Waals surface area contributed by atoms with Gasteiger partial charge in [-0.05, 0) is 61.7 Å². The Balaban J connectivity index is 2.06. The zero-order chi connectivity index (χ0) is 27.0. The normalized spacial score (nSPS) is 12.0. The number of carbonyl (C=O) groups excluding carboxylic acids is 2. The average molecular weight is 542 g/mol. The largest absolute Gasteiger partial charge is 0.355 e. The number of hydrogen-bond acceptors (Lipinski definition) is 4. The summed E-state index contributed by atoms with van der Waals surface area (Å²) in [5.41, 5.74) is 1.94. The highest BCUT2D eigenvalue weighted by Gasteiger charge is 2.33. The zero-order valence-electron chi connectivity index (χ0n) is 21.2. The number of anilines is 1. The van der Waals surface area contributed by atoms with Crippen LogP contribution in [0.4, 0.5) is 5.69 Å². The summed E-state index contributed by atoms with van der Waals surface area (Å²) in [6.07, 6.45) is 0.576. The minimum atomic E-state index is -4.09. The van der Waals surface area contributed by atoms with Gasteiger partial charge in [0.2, 0.25) is 11.8 Å². The number of hydrogen-bond donors (Lipinski definition) is 1. The highest BCUT2D eigenvalue weighted by molar-refractivity contribution is 7.92. The maximum Gasteiger partial charge on any atom is 0.264 e. The molecule has 0 aliphatic rings. The molecule has 3 aromatic carbocycles. The fraction of sp³-hybridized carbons (Fsp3) is 0.286. The molecule has 1 unspecified atom stereocenters. The fourth-order valence-electron chi connectivity index (χ4n) is 4.02. The zero-order valence-corrected chi connectivity index (χ0v) is 22.8. The Morgan fingerprint density at radius 1 is 0.946 bits per heavy atom. The second-order valence-electron chi connectivity index (χ2n) is 8.53. The number of halogens is 1. The summed E-state index contributed by atoms with van der Waals surface area (Å²) in [5, 5.41) is 3.25. The molecule has 7 nitrogen and oxygen atoms in total. The molecular formula is C28H32ClN3O4S. The molecule has 0 aliphatic heterocycles. The summed E-state index contributed by atoms with van der Waals surface area (Å²) in [4.78, 5) is 28.1. The molecule has 0 spiro atoms. The van der Waals surface area contributed by atoms with Crippen molar-refractivity contribution in [3.63, 3.8) is 0 Å². The van der Waals surface area contributed by atoms with Gasteiger partial charge in [-0.2, -0.15) is 0 Å². The van der Waals surface area contributed by atoms with E-state index in [0.29, 0.717) is 23.7 Å². The summed E-state index contributed by atoms with van der Waals surface area (Å²) in [6.45, 7) is 5.37. The topological polar surface area (TPSA) is 86.8 Å². The van der Waals surface area contributed by atoms with E-state index in [4.69, 9.17) is 11.6 Å². The Hall–Kier alpha value is -3.36. The van der Waals surface area contributed by atoms with E-state index in [2.05, 4.69) is 5.32 Å². The van der Waals surface area contributed by atoms with E-state index in [1.807, 2.05) is 25.1 Å². The Bertz CT molecular complexity index is 1330. The summed E-state index contributed by atoms with van der Waals surface area (Å²) in [6, 6.07) is 21.3. The van der Waals surface area contributed by atoms with Gasteiger partial charge in [-0.25, -0.2) is 8.42 Å². The van der Waals surface area contributed by atoms with E-state index < -0.39 is 28.5 Å². The summed E-state index contributed by atoms with van der Waals surface area (Å²) in [5.74, 6) is -0.839. The predicted octanol–water partition coefficient (Wildman–Crippen LogP) is 4.65. The molecule has 196 valence electrons. The van der Waals surface area contributed by atoms with Gasteiger partial charge in [-0.15, -0.1) is 0 Å². The second kappa shape index (κ2) is 12.7. The van der Waals surface area contributed by atoms with Crippen LogP contribution >= 0.6 is 11.6 Å². The predicted molar refractivity (Wildman–Crippen MR) is 147 cm³/mol. The molecule has 3 aromatic rings. The van der Waals surface area contributed by atoms with Crippen molar-refractivity contribution < 1.29 is 18.0 Å². The van der Waals surface area contributed by atoms with Crippen LogP contribution in [0.2, 0.25) is 5.02 Å². The molecule has 0 saturated heterocycles. The van der Waals surface area contributed by atoms with Crippen LogP contribution in [0, 0.1) is 0 Å². The maximum absolute atomic E-state index is 13.9. The van der Waals surface area contributed by atoms with Gasteiger partial charge in [0, 0.05) is 18.1 Å². The van der Waals surface area contributed by atoms with Gasteiger partial charge >= 0.3 is 0 Å². The van der Waals surface area contributed by atoms with Crippen molar-refractivity contribution in [2.45, 2.75) is 44.7 Å². The second-order valence-corrected chi connectivity index (χ2v) is 10.8. The molecule has 0 aliphatic carbocycles. The first-order chi connectivity index (χ1) is 17.7. The van der Waals surface area contributed by atoms with Crippen molar-refractivity contribution in [2.24, 2.45) is 0 Å². The van der Waals surface area contributed by atoms with Crippen LogP contribution in [0.15, 0.2) is 83.8 Å². The van der Waals surface area contributed by atoms with Crippen molar-refractivity contribution in [2.75, 3.05) is 17.4 Å². The minimum absolute atomic E-state index is 0.0758.